The lowest BCUT2D eigenvalue weighted by molar-refractivity contribution is -0.326. The van der Waals surface area contributed by atoms with Crippen molar-refractivity contribution < 1.29 is 45.1 Å². The van der Waals surface area contributed by atoms with Crippen LogP contribution < -0.4 is 4.74 Å². The van der Waals surface area contributed by atoms with Crippen LogP contribution in [0.1, 0.15) is 44.1 Å². The molecule has 4 aliphatic carbocycles. The molecular formula is C22H22F3I2O7S-. The first-order valence-electron chi connectivity index (χ1n) is 11.2. The maximum atomic E-state index is 13.8. The molecule has 1 aromatic carbocycles. The van der Waals surface area contributed by atoms with Crippen molar-refractivity contribution in [3.63, 3.8) is 0 Å². The van der Waals surface area contributed by atoms with Crippen molar-refractivity contribution in [3.8, 4) is 5.75 Å². The van der Waals surface area contributed by atoms with Crippen LogP contribution in [0.4, 0.5) is 13.2 Å². The molecule has 4 saturated carbocycles. The van der Waals surface area contributed by atoms with Crippen LogP contribution in [-0.4, -0.2) is 42.8 Å². The highest BCUT2D eigenvalue weighted by atomic mass is 127. The van der Waals surface area contributed by atoms with Crippen molar-refractivity contribution in [2.75, 3.05) is 6.61 Å². The van der Waals surface area contributed by atoms with Crippen molar-refractivity contribution in [2.45, 2.75) is 62.3 Å². The van der Waals surface area contributed by atoms with Crippen LogP contribution in [0.2, 0.25) is 0 Å². The number of hydrogen-bond acceptors (Lipinski definition) is 7. The number of fused-ring (bicyclic) bond motifs is 1. The zero-order valence-corrected chi connectivity index (χ0v) is 23.4. The molecule has 3 atom stereocenters. The predicted octanol–water partition coefficient (Wildman–Crippen LogP) is 4.74. The summed E-state index contributed by atoms with van der Waals surface area (Å²) in [5.41, 5.74) is 0.139. The van der Waals surface area contributed by atoms with Crippen LogP contribution in [0.5, 0.6) is 5.75 Å². The highest BCUT2D eigenvalue weighted by Gasteiger charge is 2.68. The van der Waals surface area contributed by atoms with Crippen LogP contribution in [0.15, 0.2) is 12.1 Å². The number of benzene rings is 1. The van der Waals surface area contributed by atoms with Gasteiger partial charge in [-0.05, 0) is 95.3 Å². The molecule has 0 saturated heterocycles. The monoisotopic (exact) mass is 741 g/mol. The third-order valence-electron chi connectivity index (χ3n) is 7.86. The van der Waals surface area contributed by atoms with Gasteiger partial charge in [0.15, 0.2) is 16.3 Å². The molecule has 35 heavy (non-hydrogen) atoms. The number of carbonyl (C=O) groups excluding carboxylic acids is 1. The Balaban J connectivity index is 1.29. The van der Waals surface area contributed by atoms with Gasteiger partial charge in [-0.1, -0.05) is 0 Å². The van der Waals surface area contributed by atoms with Crippen molar-refractivity contribution >= 4 is 61.3 Å². The van der Waals surface area contributed by atoms with Gasteiger partial charge in [0.1, 0.15) is 5.75 Å². The predicted molar refractivity (Wildman–Crippen MR) is 131 cm³/mol. The molecule has 4 fully saturated rings. The quantitative estimate of drug-likeness (QED) is 0.236. The summed E-state index contributed by atoms with van der Waals surface area (Å²) >= 11 is 4.50. The molecule has 0 radical (unpaired) electrons. The number of rotatable bonds is 6. The fourth-order valence-corrected chi connectivity index (χ4v) is 9.03. The summed E-state index contributed by atoms with van der Waals surface area (Å²) in [6.07, 6.45) is -1.20. The number of alkyl halides is 3. The van der Waals surface area contributed by atoms with E-state index in [9.17, 15) is 30.9 Å². The topological polar surface area (TPSA) is 102 Å². The average molecular weight is 741 g/mol. The molecule has 194 valence electrons. The summed E-state index contributed by atoms with van der Waals surface area (Å²) in [5, 5.41) is -5.08. The minimum absolute atomic E-state index is 0.0617. The Kier molecular flexibility index (Phi) is 6.62. The Morgan fingerprint density at radius 1 is 1.23 bits per heavy atom. The Labute approximate surface area is 227 Å². The van der Waals surface area contributed by atoms with Gasteiger partial charge in [-0.15, -0.1) is 0 Å². The van der Waals surface area contributed by atoms with Gasteiger partial charge in [-0.3, -0.25) is 4.79 Å². The van der Waals surface area contributed by atoms with Crippen molar-refractivity contribution in [3.05, 3.63) is 24.8 Å². The van der Waals surface area contributed by atoms with E-state index >= 15 is 0 Å². The number of ether oxygens (including phenoxy) is 3. The van der Waals surface area contributed by atoms with E-state index in [0.717, 1.165) is 31.3 Å². The summed E-state index contributed by atoms with van der Waals surface area (Å²) in [6, 6.07) is 4.06. The summed E-state index contributed by atoms with van der Waals surface area (Å²) in [7, 11) is -6.16. The highest BCUT2D eigenvalue weighted by Crippen LogP contribution is 2.66. The summed E-state index contributed by atoms with van der Waals surface area (Å²) in [6.45, 7) is -0.332. The smallest absolute Gasteiger partial charge is 0.364 e. The van der Waals surface area contributed by atoms with Gasteiger partial charge >= 0.3 is 11.2 Å². The highest BCUT2D eigenvalue weighted by molar-refractivity contribution is 14.1. The second-order valence-corrected chi connectivity index (χ2v) is 13.9. The van der Waals surface area contributed by atoms with Crippen molar-refractivity contribution in [2.24, 2.45) is 23.2 Å². The van der Waals surface area contributed by atoms with Crippen LogP contribution in [0.3, 0.4) is 0 Å². The van der Waals surface area contributed by atoms with E-state index in [1.54, 1.807) is 0 Å². The van der Waals surface area contributed by atoms with Crippen LogP contribution in [-0.2, 0) is 31.0 Å². The first kappa shape index (κ1) is 26.2. The van der Waals surface area contributed by atoms with E-state index in [0.29, 0.717) is 25.9 Å². The van der Waals surface area contributed by atoms with Gasteiger partial charge in [0, 0.05) is 27.4 Å². The fourth-order valence-electron chi connectivity index (χ4n) is 6.53. The number of carbonyl (C=O) groups is 1. The molecule has 1 spiro atoms. The molecule has 0 N–H and O–H groups in total. The van der Waals surface area contributed by atoms with Gasteiger partial charge in [-0.2, -0.15) is 8.78 Å². The first-order chi connectivity index (χ1) is 16.3. The normalized spacial score (nSPS) is 34.4. The molecule has 1 aliphatic heterocycles. The Hall–Kier alpha value is -0.390. The largest absolute Gasteiger partial charge is 0.743 e. The second kappa shape index (κ2) is 8.83. The maximum absolute atomic E-state index is 13.8. The van der Waals surface area contributed by atoms with E-state index in [1.807, 2.05) is 12.1 Å². The molecule has 5 aliphatic rings. The molecule has 0 amide bonds. The number of esters is 1. The molecule has 1 aromatic rings. The zero-order chi connectivity index (χ0) is 25.4. The number of halogens is 5. The van der Waals surface area contributed by atoms with Crippen molar-refractivity contribution in [1.29, 1.82) is 0 Å². The van der Waals surface area contributed by atoms with E-state index in [4.69, 9.17) is 14.2 Å². The lowest BCUT2D eigenvalue weighted by Crippen LogP contribution is -2.67. The molecule has 0 aromatic heterocycles. The van der Waals surface area contributed by atoms with Gasteiger partial charge < -0.3 is 18.8 Å². The summed E-state index contributed by atoms with van der Waals surface area (Å²) in [4.78, 5) is 13.1. The average Bonchev–Trinajstić information content (AvgIpc) is 2.76. The third kappa shape index (κ3) is 4.28. The molecular weight excluding hydrogens is 719 g/mol. The molecule has 6 rings (SSSR count). The summed E-state index contributed by atoms with van der Waals surface area (Å²) < 4.78 is 92.5. The second-order valence-electron chi connectivity index (χ2n) is 10.0. The molecule has 7 nitrogen and oxygen atoms in total. The van der Waals surface area contributed by atoms with Crippen LogP contribution in [0.25, 0.3) is 0 Å². The van der Waals surface area contributed by atoms with E-state index in [2.05, 4.69) is 45.2 Å². The summed E-state index contributed by atoms with van der Waals surface area (Å²) in [5.74, 6) is -0.493. The van der Waals surface area contributed by atoms with Crippen molar-refractivity contribution in [1.82, 2.24) is 0 Å². The minimum atomic E-state index is -6.16. The van der Waals surface area contributed by atoms with E-state index < -0.39 is 51.7 Å². The lowest BCUT2D eigenvalue weighted by Gasteiger charge is -2.63. The van der Waals surface area contributed by atoms with Gasteiger partial charge in [0.05, 0.1) is 22.2 Å². The molecule has 4 bridgehead atoms. The SMILES string of the molecule is O=C(OCCC(F)C(F)(F)S(=O)(=O)[O-])C12CC3CC(C1)C1(OCc4cc(I)cc(I)c4O1)C(C3)C2. The third-order valence-corrected chi connectivity index (χ3v) is 10.2. The Morgan fingerprint density at radius 2 is 1.89 bits per heavy atom. The van der Waals surface area contributed by atoms with Gasteiger partial charge in [-0.25, -0.2) is 12.8 Å². The Morgan fingerprint density at radius 3 is 2.51 bits per heavy atom. The first-order valence-corrected chi connectivity index (χ1v) is 14.8. The lowest BCUT2D eigenvalue weighted by atomic mass is 9.47. The van der Waals surface area contributed by atoms with Crippen LogP contribution >= 0.6 is 45.2 Å². The van der Waals surface area contributed by atoms with E-state index in [1.165, 1.54) is 0 Å². The zero-order valence-electron chi connectivity index (χ0n) is 18.3. The molecule has 3 unspecified atom stereocenters. The fraction of sp³-hybridized carbons (Fsp3) is 0.682. The van der Waals surface area contributed by atoms with E-state index in [-0.39, 0.29) is 17.8 Å². The van der Waals surface area contributed by atoms with Crippen LogP contribution in [0, 0.1) is 30.3 Å². The standard InChI is InChI=1S/C22H23F3I2O7S/c23-17(22(24,25)35(29,30)31)1-2-32-19(28)20-7-11-3-13(8-20)21(14(4-11)9-20)33-10-12-5-15(26)6-16(27)18(12)34-21/h5-6,11,13-14,17H,1-4,7-10H2,(H,29,30,31)/p-1. The minimum Gasteiger partial charge on any atom is -0.743 e. The molecule has 13 heteroatoms. The Bertz CT molecular complexity index is 1150. The van der Waals surface area contributed by atoms with Gasteiger partial charge in [0.25, 0.3) is 0 Å². The van der Waals surface area contributed by atoms with Gasteiger partial charge in [0.2, 0.25) is 5.79 Å². The molecule has 1 heterocycles. The maximum Gasteiger partial charge on any atom is 0.364 e. The number of hydrogen-bond donors (Lipinski definition) is 0.